The zero-order valence-electron chi connectivity index (χ0n) is 10.5. The Morgan fingerprint density at radius 2 is 1.95 bits per heavy atom. The summed E-state index contributed by atoms with van der Waals surface area (Å²) < 4.78 is 37.6. The third kappa shape index (κ3) is 3.32. The molecule has 108 valence electrons. The summed E-state index contributed by atoms with van der Waals surface area (Å²) in [7, 11) is 0. The van der Waals surface area contributed by atoms with Crippen LogP contribution in [-0.2, 0) is 6.18 Å². The van der Waals surface area contributed by atoms with Gasteiger partial charge in [0.2, 0.25) is 0 Å². The molecule has 1 aromatic heterocycles. The molecular weight excluding hydrogens is 293 g/mol. The summed E-state index contributed by atoms with van der Waals surface area (Å²) in [6, 6.07) is 2.96. The molecular formula is C12H12ClF3N4. The number of hydrogen-bond acceptors (Lipinski definition) is 4. The van der Waals surface area contributed by atoms with Gasteiger partial charge in [0, 0.05) is 32.4 Å². The van der Waals surface area contributed by atoms with Crippen molar-refractivity contribution in [2.24, 2.45) is 0 Å². The summed E-state index contributed by atoms with van der Waals surface area (Å²) in [5.41, 5.74) is -0.852. The fraction of sp³-hybridized carbons (Fsp3) is 0.500. The predicted molar refractivity (Wildman–Crippen MR) is 68.5 cm³/mol. The fourth-order valence-electron chi connectivity index (χ4n) is 2.04. The van der Waals surface area contributed by atoms with Crippen molar-refractivity contribution < 1.29 is 13.2 Å². The first-order valence-electron chi connectivity index (χ1n) is 5.99. The minimum Gasteiger partial charge on any atom is -0.353 e. The Morgan fingerprint density at radius 1 is 1.30 bits per heavy atom. The second-order valence-corrected chi connectivity index (χ2v) is 4.86. The molecule has 1 aromatic rings. The highest BCUT2D eigenvalue weighted by Gasteiger charge is 2.32. The van der Waals surface area contributed by atoms with Gasteiger partial charge in [0.1, 0.15) is 5.82 Å². The van der Waals surface area contributed by atoms with Crippen LogP contribution in [-0.4, -0.2) is 42.6 Å². The van der Waals surface area contributed by atoms with Crippen molar-refractivity contribution in [1.29, 1.82) is 5.26 Å². The molecule has 2 rings (SSSR count). The molecule has 0 unspecified atom stereocenters. The zero-order valence-corrected chi connectivity index (χ0v) is 11.2. The largest absolute Gasteiger partial charge is 0.417 e. The van der Waals surface area contributed by atoms with E-state index in [2.05, 4.69) is 11.1 Å². The molecule has 0 saturated carbocycles. The first-order chi connectivity index (χ1) is 9.41. The minimum atomic E-state index is -4.44. The highest BCUT2D eigenvalue weighted by atomic mass is 35.5. The van der Waals surface area contributed by atoms with E-state index in [1.807, 2.05) is 9.80 Å². The lowest BCUT2D eigenvalue weighted by Crippen LogP contribution is -2.46. The normalized spacial score (nSPS) is 17.1. The second kappa shape index (κ2) is 5.85. The monoisotopic (exact) mass is 304 g/mol. The Hall–Kier alpha value is -1.52. The lowest BCUT2D eigenvalue weighted by atomic mass is 10.2. The molecule has 1 aliphatic heterocycles. The van der Waals surface area contributed by atoms with E-state index in [0.717, 1.165) is 12.3 Å². The van der Waals surface area contributed by atoms with Gasteiger partial charge in [-0.3, -0.25) is 4.90 Å². The third-order valence-corrected chi connectivity index (χ3v) is 3.39. The van der Waals surface area contributed by atoms with Gasteiger partial charge in [-0.05, 0) is 6.07 Å². The smallest absolute Gasteiger partial charge is 0.353 e. The van der Waals surface area contributed by atoms with Crippen molar-refractivity contribution in [2.45, 2.75) is 6.18 Å². The van der Waals surface area contributed by atoms with E-state index in [1.165, 1.54) is 0 Å². The number of halogens is 4. The first-order valence-corrected chi connectivity index (χ1v) is 6.36. The van der Waals surface area contributed by atoms with Gasteiger partial charge in [-0.1, -0.05) is 11.6 Å². The van der Waals surface area contributed by atoms with Gasteiger partial charge in [0.05, 0.1) is 23.2 Å². The van der Waals surface area contributed by atoms with E-state index in [9.17, 15) is 13.2 Å². The lowest BCUT2D eigenvalue weighted by Gasteiger charge is -2.34. The standard InChI is InChI=1S/C12H12ClF3N4/c13-10-7-9(12(14,15)16)8-18-11(10)20-5-3-19(2-1-17)4-6-20/h7-8H,2-6H2. The molecule has 1 saturated heterocycles. The molecule has 1 aliphatic rings. The van der Waals surface area contributed by atoms with E-state index < -0.39 is 11.7 Å². The van der Waals surface area contributed by atoms with Crippen molar-refractivity contribution in [1.82, 2.24) is 9.88 Å². The number of nitrogens with zero attached hydrogens (tertiary/aromatic N) is 4. The van der Waals surface area contributed by atoms with Gasteiger partial charge in [-0.2, -0.15) is 18.4 Å². The second-order valence-electron chi connectivity index (χ2n) is 4.45. The van der Waals surface area contributed by atoms with Crippen LogP contribution >= 0.6 is 11.6 Å². The fourth-order valence-corrected chi connectivity index (χ4v) is 2.32. The number of rotatable bonds is 2. The van der Waals surface area contributed by atoms with Crippen LogP contribution in [0.1, 0.15) is 5.56 Å². The third-order valence-electron chi connectivity index (χ3n) is 3.12. The predicted octanol–water partition coefficient (Wildman–Crippen LogP) is 2.40. The molecule has 1 fully saturated rings. The number of pyridine rings is 1. The van der Waals surface area contributed by atoms with Crippen molar-refractivity contribution in [2.75, 3.05) is 37.6 Å². The number of piperazine rings is 1. The van der Waals surface area contributed by atoms with E-state index >= 15 is 0 Å². The Labute approximate surface area is 119 Å². The maximum absolute atomic E-state index is 12.5. The zero-order chi connectivity index (χ0) is 14.8. The number of hydrogen-bond donors (Lipinski definition) is 0. The summed E-state index contributed by atoms with van der Waals surface area (Å²) in [5, 5.41) is 8.60. The Bertz CT molecular complexity index is 518. The number of nitriles is 1. The van der Waals surface area contributed by atoms with Crippen LogP contribution in [0.4, 0.5) is 19.0 Å². The van der Waals surface area contributed by atoms with Crippen molar-refractivity contribution in [3.8, 4) is 6.07 Å². The molecule has 0 bridgehead atoms. The Balaban J connectivity index is 2.10. The van der Waals surface area contributed by atoms with Gasteiger partial charge >= 0.3 is 6.18 Å². The SMILES string of the molecule is N#CCN1CCN(c2ncc(C(F)(F)F)cc2Cl)CC1. The van der Waals surface area contributed by atoms with Crippen LogP contribution in [0.3, 0.4) is 0 Å². The topological polar surface area (TPSA) is 43.2 Å². The summed E-state index contributed by atoms with van der Waals surface area (Å²) >= 11 is 5.90. The molecule has 0 N–H and O–H groups in total. The maximum atomic E-state index is 12.5. The van der Waals surface area contributed by atoms with E-state index in [4.69, 9.17) is 16.9 Å². The number of aromatic nitrogens is 1. The van der Waals surface area contributed by atoms with Crippen LogP contribution in [0.15, 0.2) is 12.3 Å². The average molecular weight is 305 g/mol. The van der Waals surface area contributed by atoms with Crippen LogP contribution in [0, 0.1) is 11.3 Å². The molecule has 8 heteroatoms. The molecule has 0 aliphatic carbocycles. The number of alkyl halides is 3. The van der Waals surface area contributed by atoms with Gasteiger partial charge in [-0.15, -0.1) is 0 Å². The van der Waals surface area contributed by atoms with Crippen LogP contribution in [0.2, 0.25) is 5.02 Å². The minimum absolute atomic E-state index is 0.00596. The first kappa shape index (κ1) is 14.9. The van der Waals surface area contributed by atoms with E-state index in [1.54, 1.807) is 0 Å². The van der Waals surface area contributed by atoms with Crippen molar-refractivity contribution in [3.05, 3.63) is 22.8 Å². The van der Waals surface area contributed by atoms with Gasteiger partial charge in [-0.25, -0.2) is 4.98 Å². The molecule has 4 nitrogen and oxygen atoms in total. The van der Waals surface area contributed by atoms with E-state index in [-0.39, 0.29) is 5.02 Å². The highest BCUT2D eigenvalue weighted by Crippen LogP contribution is 2.33. The molecule has 0 atom stereocenters. The summed E-state index contributed by atoms with van der Waals surface area (Å²) in [6.45, 7) is 2.83. The molecule has 0 aromatic carbocycles. The molecule has 0 amide bonds. The van der Waals surface area contributed by atoms with Crippen molar-refractivity contribution in [3.63, 3.8) is 0 Å². The summed E-state index contributed by atoms with van der Waals surface area (Å²) in [6.07, 6.45) is -3.65. The number of anilines is 1. The average Bonchev–Trinajstić information content (AvgIpc) is 2.39. The molecule has 0 radical (unpaired) electrons. The maximum Gasteiger partial charge on any atom is 0.417 e. The van der Waals surface area contributed by atoms with Crippen LogP contribution < -0.4 is 4.90 Å². The quantitative estimate of drug-likeness (QED) is 0.787. The van der Waals surface area contributed by atoms with Crippen LogP contribution in [0.25, 0.3) is 0 Å². The van der Waals surface area contributed by atoms with Gasteiger partial charge in [0.25, 0.3) is 0 Å². The van der Waals surface area contributed by atoms with Gasteiger partial charge < -0.3 is 4.90 Å². The molecule has 0 spiro atoms. The van der Waals surface area contributed by atoms with Crippen molar-refractivity contribution >= 4 is 17.4 Å². The van der Waals surface area contributed by atoms with E-state index in [0.29, 0.717) is 38.5 Å². The van der Waals surface area contributed by atoms with Crippen LogP contribution in [0.5, 0.6) is 0 Å². The Kier molecular flexibility index (Phi) is 4.35. The highest BCUT2D eigenvalue weighted by molar-refractivity contribution is 6.33. The summed E-state index contributed by atoms with van der Waals surface area (Å²) in [5.74, 6) is 0.358. The molecule has 2 heterocycles. The van der Waals surface area contributed by atoms with Gasteiger partial charge in [0.15, 0.2) is 0 Å². The molecule has 20 heavy (non-hydrogen) atoms. The summed E-state index contributed by atoms with van der Waals surface area (Å²) in [4.78, 5) is 7.63. The lowest BCUT2D eigenvalue weighted by molar-refractivity contribution is -0.137. The Morgan fingerprint density at radius 3 is 2.45 bits per heavy atom.